The first-order chi connectivity index (χ1) is 12.7. The Morgan fingerprint density at radius 3 is 2.88 bits per heavy atom. The number of hydrogen-bond donors (Lipinski definition) is 1. The van der Waals surface area contributed by atoms with Crippen molar-refractivity contribution in [2.45, 2.75) is 51.6 Å². The lowest BCUT2D eigenvalue weighted by Gasteiger charge is -2.20. The maximum atomic E-state index is 13.8. The van der Waals surface area contributed by atoms with Crippen LogP contribution in [0.4, 0.5) is 4.39 Å². The highest BCUT2D eigenvalue weighted by Gasteiger charge is 2.17. The summed E-state index contributed by atoms with van der Waals surface area (Å²) in [4.78, 5) is 16.5. The van der Waals surface area contributed by atoms with Gasteiger partial charge in [0, 0.05) is 25.4 Å². The Kier molecular flexibility index (Phi) is 6.00. The maximum Gasteiger partial charge on any atom is 0.220 e. The molecule has 1 N–H and O–H groups in total. The Hall–Kier alpha value is -2.68. The molecule has 3 rings (SSSR count). The van der Waals surface area contributed by atoms with Gasteiger partial charge in [0.1, 0.15) is 17.7 Å². The van der Waals surface area contributed by atoms with Gasteiger partial charge in [-0.1, -0.05) is 25.3 Å². The van der Waals surface area contributed by atoms with Crippen LogP contribution in [0, 0.1) is 23.1 Å². The van der Waals surface area contributed by atoms with Crippen LogP contribution in [-0.4, -0.2) is 15.5 Å². The van der Waals surface area contributed by atoms with Crippen LogP contribution in [0.5, 0.6) is 0 Å². The van der Waals surface area contributed by atoms with Crippen molar-refractivity contribution in [3.05, 3.63) is 53.4 Å². The molecule has 0 unspecified atom stereocenters. The van der Waals surface area contributed by atoms with Crippen LogP contribution in [0.2, 0.25) is 0 Å². The number of halogens is 1. The fourth-order valence-electron chi connectivity index (χ4n) is 3.50. The van der Waals surface area contributed by atoms with E-state index >= 15 is 0 Å². The van der Waals surface area contributed by atoms with Gasteiger partial charge in [-0.05, 0) is 36.5 Å². The summed E-state index contributed by atoms with van der Waals surface area (Å²) in [6.07, 6.45) is 10.1. The normalized spacial score (nSPS) is 14.8. The van der Waals surface area contributed by atoms with Gasteiger partial charge in [-0.3, -0.25) is 4.79 Å². The summed E-state index contributed by atoms with van der Waals surface area (Å²) in [5.74, 6) is 0.778. The van der Waals surface area contributed by atoms with Gasteiger partial charge in [-0.25, -0.2) is 9.37 Å². The number of imidazole rings is 1. The van der Waals surface area contributed by atoms with Crippen molar-refractivity contribution in [3.63, 3.8) is 0 Å². The minimum absolute atomic E-state index is 0.0366. The number of carbonyl (C=O) groups is 1. The van der Waals surface area contributed by atoms with Crippen molar-refractivity contribution in [2.24, 2.45) is 5.92 Å². The lowest BCUT2D eigenvalue weighted by Crippen LogP contribution is -2.27. The molecule has 1 aliphatic rings. The Balaban J connectivity index is 1.55. The van der Waals surface area contributed by atoms with Gasteiger partial charge in [-0.15, -0.1) is 0 Å². The molecule has 1 aliphatic carbocycles. The minimum atomic E-state index is -0.521. The largest absolute Gasteiger partial charge is 0.349 e. The third-order valence-corrected chi connectivity index (χ3v) is 4.95. The lowest BCUT2D eigenvalue weighted by molar-refractivity contribution is -0.122. The van der Waals surface area contributed by atoms with E-state index in [1.54, 1.807) is 18.5 Å². The van der Waals surface area contributed by atoms with Gasteiger partial charge in [0.2, 0.25) is 5.91 Å². The zero-order valence-corrected chi connectivity index (χ0v) is 14.7. The van der Waals surface area contributed by atoms with Crippen molar-refractivity contribution in [1.82, 2.24) is 14.9 Å². The number of aromatic nitrogens is 2. The topological polar surface area (TPSA) is 70.7 Å². The molecule has 0 radical (unpaired) electrons. The highest BCUT2D eigenvalue weighted by molar-refractivity contribution is 5.76. The van der Waals surface area contributed by atoms with E-state index in [4.69, 9.17) is 5.26 Å². The molecule has 6 heteroatoms. The van der Waals surface area contributed by atoms with Gasteiger partial charge in [-0.2, -0.15) is 5.26 Å². The number of hydrogen-bond acceptors (Lipinski definition) is 3. The second kappa shape index (κ2) is 8.61. The molecule has 2 aromatic rings. The van der Waals surface area contributed by atoms with Crippen LogP contribution >= 0.6 is 0 Å². The number of amides is 1. The number of nitrogens with zero attached hydrogens (tertiary/aromatic N) is 3. The molecular weight excluding hydrogens is 331 g/mol. The minimum Gasteiger partial charge on any atom is -0.349 e. The summed E-state index contributed by atoms with van der Waals surface area (Å²) in [5.41, 5.74) is 0.781. The van der Waals surface area contributed by atoms with E-state index in [1.165, 1.54) is 31.4 Å². The highest BCUT2D eigenvalue weighted by Crippen LogP contribution is 2.26. The maximum absolute atomic E-state index is 13.8. The van der Waals surface area contributed by atoms with Crippen molar-refractivity contribution < 1.29 is 9.18 Å². The Bertz CT molecular complexity index is 802. The van der Waals surface area contributed by atoms with Crippen LogP contribution in [0.1, 0.15) is 55.5 Å². The number of nitrogens with one attached hydrogen (secondary N) is 1. The standard InChI is InChI=1S/C20H23FN4O/c21-18-10-16(6-7-17(18)12-22)14-25-9-8-23-19(25)13-24-20(26)11-15-4-2-1-3-5-15/h6-10,15H,1-5,11,13-14H2,(H,24,26). The molecule has 0 bridgehead atoms. The molecular formula is C20H23FN4O. The molecule has 0 aliphatic heterocycles. The molecule has 1 aromatic carbocycles. The van der Waals surface area contributed by atoms with E-state index in [-0.39, 0.29) is 11.5 Å². The number of nitriles is 1. The summed E-state index contributed by atoms with van der Waals surface area (Å²) >= 11 is 0. The summed E-state index contributed by atoms with van der Waals surface area (Å²) in [5, 5.41) is 11.8. The molecule has 0 atom stereocenters. The summed E-state index contributed by atoms with van der Waals surface area (Å²) in [6, 6.07) is 6.39. The number of carbonyl (C=O) groups excluding carboxylic acids is 1. The van der Waals surface area contributed by atoms with Crippen molar-refractivity contribution in [3.8, 4) is 6.07 Å². The van der Waals surface area contributed by atoms with E-state index in [1.807, 2.05) is 10.6 Å². The van der Waals surface area contributed by atoms with Crippen LogP contribution in [0.15, 0.2) is 30.6 Å². The predicted octanol–water partition coefficient (Wildman–Crippen LogP) is 3.53. The van der Waals surface area contributed by atoms with Crippen LogP contribution in [0.25, 0.3) is 0 Å². The fraction of sp³-hybridized carbons (Fsp3) is 0.450. The number of benzene rings is 1. The summed E-state index contributed by atoms with van der Waals surface area (Å²) < 4.78 is 15.6. The van der Waals surface area contributed by atoms with Crippen molar-refractivity contribution in [2.75, 3.05) is 0 Å². The molecule has 1 fully saturated rings. The van der Waals surface area contributed by atoms with E-state index < -0.39 is 5.82 Å². The fourth-order valence-corrected chi connectivity index (χ4v) is 3.50. The van der Waals surface area contributed by atoms with E-state index in [0.717, 1.165) is 24.2 Å². The van der Waals surface area contributed by atoms with E-state index in [0.29, 0.717) is 25.4 Å². The SMILES string of the molecule is N#Cc1ccc(Cn2ccnc2CNC(=O)CC2CCCCC2)cc1F. The third-order valence-electron chi connectivity index (χ3n) is 4.95. The van der Waals surface area contributed by atoms with Crippen LogP contribution < -0.4 is 5.32 Å². The third kappa shape index (κ3) is 4.69. The Morgan fingerprint density at radius 1 is 1.35 bits per heavy atom. The second-order valence-corrected chi connectivity index (χ2v) is 6.88. The van der Waals surface area contributed by atoms with Crippen LogP contribution in [0.3, 0.4) is 0 Å². The lowest BCUT2D eigenvalue weighted by atomic mass is 9.87. The first-order valence-corrected chi connectivity index (χ1v) is 9.11. The molecule has 0 spiro atoms. The Morgan fingerprint density at radius 2 is 2.15 bits per heavy atom. The smallest absolute Gasteiger partial charge is 0.220 e. The van der Waals surface area contributed by atoms with Gasteiger partial charge in [0.25, 0.3) is 0 Å². The Labute approximate surface area is 152 Å². The molecule has 1 amide bonds. The van der Waals surface area contributed by atoms with Gasteiger partial charge in [0.05, 0.1) is 12.1 Å². The average Bonchev–Trinajstić information content (AvgIpc) is 3.08. The molecule has 1 aromatic heterocycles. The van der Waals surface area contributed by atoms with Gasteiger partial charge >= 0.3 is 0 Å². The monoisotopic (exact) mass is 354 g/mol. The molecule has 26 heavy (non-hydrogen) atoms. The summed E-state index contributed by atoms with van der Waals surface area (Å²) in [6.45, 7) is 0.799. The molecule has 1 heterocycles. The molecule has 0 saturated heterocycles. The average molecular weight is 354 g/mol. The highest BCUT2D eigenvalue weighted by atomic mass is 19.1. The quantitative estimate of drug-likeness (QED) is 0.863. The van der Waals surface area contributed by atoms with Gasteiger partial charge < -0.3 is 9.88 Å². The first kappa shape index (κ1) is 18.1. The molecule has 1 saturated carbocycles. The number of rotatable bonds is 6. The first-order valence-electron chi connectivity index (χ1n) is 9.11. The zero-order valence-electron chi connectivity index (χ0n) is 14.7. The molecule has 136 valence electrons. The predicted molar refractivity (Wildman–Crippen MR) is 95.5 cm³/mol. The molecule has 5 nitrogen and oxygen atoms in total. The van der Waals surface area contributed by atoms with Crippen LogP contribution in [-0.2, 0) is 17.9 Å². The van der Waals surface area contributed by atoms with Crippen molar-refractivity contribution in [1.29, 1.82) is 5.26 Å². The zero-order chi connectivity index (χ0) is 18.4. The van der Waals surface area contributed by atoms with E-state index in [9.17, 15) is 9.18 Å². The summed E-state index contributed by atoms with van der Waals surface area (Å²) in [7, 11) is 0. The second-order valence-electron chi connectivity index (χ2n) is 6.88. The van der Waals surface area contributed by atoms with E-state index in [2.05, 4.69) is 10.3 Å². The van der Waals surface area contributed by atoms with Crippen molar-refractivity contribution >= 4 is 5.91 Å². The van der Waals surface area contributed by atoms with Gasteiger partial charge in [0.15, 0.2) is 0 Å².